The highest BCUT2D eigenvalue weighted by molar-refractivity contribution is 7.91. The monoisotopic (exact) mass is 276 g/mol. The van der Waals surface area contributed by atoms with Gasteiger partial charge in [0.15, 0.2) is 0 Å². The van der Waals surface area contributed by atoms with Crippen LogP contribution < -0.4 is 11.5 Å². The van der Waals surface area contributed by atoms with Gasteiger partial charge in [0.2, 0.25) is 9.84 Å². The van der Waals surface area contributed by atoms with E-state index in [0.29, 0.717) is 16.9 Å². The number of nitrogen functional groups attached to an aromatic ring is 2. The van der Waals surface area contributed by atoms with E-state index in [9.17, 15) is 8.42 Å². The van der Waals surface area contributed by atoms with Crippen LogP contribution in [0.4, 0.5) is 11.4 Å². The van der Waals surface area contributed by atoms with Crippen LogP contribution in [0.3, 0.4) is 0 Å². The number of hydrogen-bond donors (Lipinski definition) is 2. The van der Waals surface area contributed by atoms with Gasteiger partial charge in [0.25, 0.3) is 0 Å². The van der Waals surface area contributed by atoms with Crippen molar-refractivity contribution in [2.45, 2.75) is 23.6 Å². The van der Waals surface area contributed by atoms with Crippen LogP contribution in [0, 0.1) is 13.8 Å². The summed E-state index contributed by atoms with van der Waals surface area (Å²) < 4.78 is 25.1. The van der Waals surface area contributed by atoms with Crippen molar-refractivity contribution in [2.75, 3.05) is 11.5 Å². The molecule has 2 aromatic carbocycles. The molecule has 19 heavy (non-hydrogen) atoms. The van der Waals surface area contributed by atoms with Gasteiger partial charge in [0.1, 0.15) is 0 Å². The summed E-state index contributed by atoms with van der Waals surface area (Å²) in [6.07, 6.45) is 0. The topological polar surface area (TPSA) is 86.2 Å². The lowest BCUT2D eigenvalue weighted by Gasteiger charge is -2.12. The summed E-state index contributed by atoms with van der Waals surface area (Å²) in [5.74, 6) is 0. The number of aryl methyl sites for hydroxylation is 1. The molecule has 0 spiro atoms. The van der Waals surface area contributed by atoms with Gasteiger partial charge >= 0.3 is 0 Å². The molecule has 0 aliphatic heterocycles. The Kier molecular flexibility index (Phi) is 3.24. The second-order valence-electron chi connectivity index (χ2n) is 4.50. The Morgan fingerprint density at radius 3 is 2.32 bits per heavy atom. The zero-order chi connectivity index (χ0) is 14.2. The number of sulfone groups is 1. The van der Waals surface area contributed by atoms with Gasteiger partial charge in [0, 0.05) is 11.4 Å². The normalized spacial score (nSPS) is 11.5. The molecule has 0 aliphatic carbocycles. The molecule has 100 valence electrons. The Labute approximate surface area is 113 Å². The third kappa shape index (κ3) is 2.29. The van der Waals surface area contributed by atoms with Crippen molar-refractivity contribution in [3.63, 3.8) is 0 Å². The molecule has 4 nitrogen and oxygen atoms in total. The minimum Gasteiger partial charge on any atom is -0.399 e. The molecule has 0 atom stereocenters. The first-order valence-electron chi connectivity index (χ1n) is 5.80. The average Bonchev–Trinajstić information content (AvgIpc) is 2.36. The van der Waals surface area contributed by atoms with E-state index >= 15 is 0 Å². The van der Waals surface area contributed by atoms with Crippen LogP contribution in [0.25, 0.3) is 0 Å². The molecule has 0 saturated carbocycles. The zero-order valence-corrected chi connectivity index (χ0v) is 11.7. The van der Waals surface area contributed by atoms with Crippen molar-refractivity contribution in [1.82, 2.24) is 0 Å². The molecule has 2 rings (SSSR count). The molecular weight excluding hydrogens is 260 g/mol. The Bertz CT molecular complexity index is 737. The van der Waals surface area contributed by atoms with Crippen LogP contribution in [0.1, 0.15) is 11.1 Å². The Balaban J connectivity index is 2.67. The van der Waals surface area contributed by atoms with Crippen molar-refractivity contribution in [3.8, 4) is 0 Å². The SMILES string of the molecule is Cc1ccc(S(=O)(=O)c2cccc(N)c2)c(C)c1N. The molecule has 0 aromatic heterocycles. The average molecular weight is 276 g/mol. The predicted octanol–water partition coefficient (Wildman–Crippen LogP) is 2.30. The minimum absolute atomic E-state index is 0.179. The predicted molar refractivity (Wildman–Crippen MR) is 76.6 cm³/mol. The molecule has 5 heteroatoms. The molecular formula is C14H16N2O2S. The van der Waals surface area contributed by atoms with Gasteiger partial charge in [-0.1, -0.05) is 12.1 Å². The van der Waals surface area contributed by atoms with Gasteiger partial charge in [-0.15, -0.1) is 0 Å². The van der Waals surface area contributed by atoms with Crippen LogP contribution >= 0.6 is 0 Å². The summed E-state index contributed by atoms with van der Waals surface area (Å²) in [6.45, 7) is 3.56. The molecule has 0 radical (unpaired) electrons. The summed E-state index contributed by atoms with van der Waals surface area (Å²) >= 11 is 0. The summed E-state index contributed by atoms with van der Waals surface area (Å²) in [6, 6.07) is 9.54. The molecule has 0 aliphatic rings. The van der Waals surface area contributed by atoms with Gasteiger partial charge in [-0.2, -0.15) is 0 Å². The standard InChI is InChI=1S/C14H16N2O2S/c1-9-6-7-13(10(2)14(9)16)19(17,18)12-5-3-4-11(15)8-12/h3-8H,15-16H2,1-2H3. The summed E-state index contributed by atoms with van der Waals surface area (Å²) in [5.41, 5.74) is 13.9. The highest BCUT2D eigenvalue weighted by Crippen LogP contribution is 2.29. The van der Waals surface area contributed by atoms with Gasteiger partial charge in [-0.05, 0) is 49.2 Å². The van der Waals surface area contributed by atoms with E-state index in [4.69, 9.17) is 11.5 Å². The fourth-order valence-corrected chi connectivity index (χ4v) is 3.51. The first-order valence-corrected chi connectivity index (χ1v) is 7.28. The first-order chi connectivity index (χ1) is 8.84. The number of hydrogen-bond acceptors (Lipinski definition) is 4. The highest BCUT2D eigenvalue weighted by Gasteiger charge is 2.21. The summed E-state index contributed by atoms with van der Waals surface area (Å²) in [4.78, 5) is 0.403. The van der Waals surface area contributed by atoms with Crippen LogP contribution in [-0.4, -0.2) is 8.42 Å². The quantitative estimate of drug-likeness (QED) is 0.824. The van der Waals surface area contributed by atoms with E-state index in [1.807, 2.05) is 6.92 Å². The van der Waals surface area contributed by atoms with Gasteiger partial charge in [0.05, 0.1) is 9.79 Å². The Hall–Kier alpha value is -2.01. The minimum atomic E-state index is -3.59. The Morgan fingerprint density at radius 1 is 1.00 bits per heavy atom. The molecule has 0 unspecified atom stereocenters. The largest absolute Gasteiger partial charge is 0.399 e. The molecule has 4 N–H and O–H groups in total. The smallest absolute Gasteiger partial charge is 0.207 e. The highest BCUT2D eigenvalue weighted by atomic mass is 32.2. The maximum Gasteiger partial charge on any atom is 0.207 e. The maximum absolute atomic E-state index is 12.6. The second kappa shape index (κ2) is 4.59. The van der Waals surface area contributed by atoms with Crippen LogP contribution in [0.5, 0.6) is 0 Å². The van der Waals surface area contributed by atoms with Gasteiger partial charge < -0.3 is 11.5 Å². The van der Waals surface area contributed by atoms with E-state index in [1.54, 1.807) is 31.2 Å². The van der Waals surface area contributed by atoms with Crippen molar-refractivity contribution < 1.29 is 8.42 Å². The van der Waals surface area contributed by atoms with E-state index in [0.717, 1.165) is 5.56 Å². The number of nitrogens with two attached hydrogens (primary N) is 2. The van der Waals surface area contributed by atoms with Crippen molar-refractivity contribution in [1.29, 1.82) is 0 Å². The fourth-order valence-electron chi connectivity index (χ4n) is 1.94. The molecule has 0 saturated heterocycles. The van der Waals surface area contributed by atoms with E-state index < -0.39 is 9.84 Å². The molecule has 0 heterocycles. The molecule has 0 amide bonds. The lowest BCUT2D eigenvalue weighted by molar-refractivity contribution is 0.595. The van der Waals surface area contributed by atoms with Gasteiger partial charge in [-0.3, -0.25) is 0 Å². The third-order valence-corrected chi connectivity index (χ3v) is 5.04. The maximum atomic E-state index is 12.6. The van der Waals surface area contributed by atoms with Crippen LogP contribution in [0.15, 0.2) is 46.2 Å². The van der Waals surface area contributed by atoms with Crippen molar-refractivity contribution in [3.05, 3.63) is 47.5 Å². The zero-order valence-electron chi connectivity index (χ0n) is 10.8. The van der Waals surface area contributed by atoms with Crippen LogP contribution in [-0.2, 0) is 9.84 Å². The molecule has 0 bridgehead atoms. The third-order valence-electron chi connectivity index (χ3n) is 3.14. The fraction of sp³-hybridized carbons (Fsp3) is 0.143. The van der Waals surface area contributed by atoms with E-state index in [2.05, 4.69) is 0 Å². The van der Waals surface area contributed by atoms with E-state index in [-0.39, 0.29) is 9.79 Å². The lowest BCUT2D eigenvalue weighted by atomic mass is 10.1. The molecule has 0 fully saturated rings. The van der Waals surface area contributed by atoms with Crippen LogP contribution in [0.2, 0.25) is 0 Å². The number of benzene rings is 2. The number of anilines is 2. The lowest BCUT2D eigenvalue weighted by Crippen LogP contribution is -2.07. The summed E-state index contributed by atoms with van der Waals surface area (Å²) in [5, 5.41) is 0. The first kappa shape index (κ1) is 13.4. The van der Waals surface area contributed by atoms with Crippen molar-refractivity contribution in [2.24, 2.45) is 0 Å². The van der Waals surface area contributed by atoms with E-state index in [1.165, 1.54) is 12.1 Å². The Morgan fingerprint density at radius 2 is 1.68 bits per heavy atom. The van der Waals surface area contributed by atoms with Gasteiger partial charge in [-0.25, -0.2) is 8.42 Å². The summed E-state index contributed by atoms with van der Waals surface area (Å²) in [7, 11) is -3.59. The second-order valence-corrected chi connectivity index (χ2v) is 6.41. The van der Waals surface area contributed by atoms with Crippen molar-refractivity contribution >= 4 is 21.2 Å². The molecule has 2 aromatic rings. The number of rotatable bonds is 2.